The molecule has 31 heavy (non-hydrogen) atoms. The normalized spacial score (nSPS) is 11.1. The molecule has 0 aromatic rings. The van der Waals surface area contributed by atoms with E-state index in [1.807, 2.05) is 6.92 Å². The fourth-order valence-corrected chi connectivity index (χ4v) is 2.85. The summed E-state index contributed by atoms with van der Waals surface area (Å²) in [6, 6.07) is 0. The number of hydrogen-bond acceptors (Lipinski definition) is 8. The van der Waals surface area contributed by atoms with Gasteiger partial charge in [-0.05, 0) is 33.1 Å². The molecule has 0 fully saturated rings. The molecule has 11 heteroatoms. The summed E-state index contributed by atoms with van der Waals surface area (Å²) >= 11 is 0. The first kappa shape index (κ1) is 32.6. The Morgan fingerprint density at radius 3 is 1.81 bits per heavy atom. The zero-order valence-corrected chi connectivity index (χ0v) is 22.8. The van der Waals surface area contributed by atoms with Gasteiger partial charge in [0.15, 0.2) is 0 Å². The molecule has 0 saturated heterocycles. The Morgan fingerprint density at radius 1 is 0.935 bits per heavy atom. The molecule has 0 saturated carbocycles. The third-order valence-electron chi connectivity index (χ3n) is 4.13. The molecule has 0 aromatic heterocycles. The zero-order valence-electron chi connectivity index (χ0n) is 19.9. The van der Waals surface area contributed by atoms with Crippen molar-refractivity contribution in [3.63, 3.8) is 0 Å². The van der Waals surface area contributed by atoms with Gasteiger partial charge in [-0.25, -0.2) is 9.59 Å². The third-order valence-corrected chi connectivity index (χ3v) is 4.93. The van der Waals surface area contributed by atoms with Crippen LogP contribution < -0.4 is 51.4 Å². The fraction of sp³-hybridized carbons (Fsp3) is 0.650. The van der Waals surface area contributed by atoms with Crippen molar-refractivity contribution in [2.45, 2.75) is 52.9 Å². The van der Waals surface area contributed by atoms with E-state index in [9.17, 15) is 22.8 Å². The van der Waals surface area contributed by atoms with Gasteiger partial charge in [-0.1, -0.05) is 32.9 Å². The van der Waals surface area contributed by atoms with Gasteiger partial charge in [-0.2, -0.15) is 8.42 Å². The smallest absolute Gasteiger partial charge is 1.00 e. The first-order valence-corrected chi connectivity index (χ1v) is 11.2. The molecule has 0 bridgehead atoms. The van der Waals surface area contributed by atoms with E-state index in [1.165, 1.54) is 13.8 Å². The van der Waals surface area contributed by atoms with E-state index < -0.39 is 39.2 Å². The maximum atomic E-state index is 12.9. The quantitative estimate of drug-likeness (QED) is 0.0825. The minimum Gasteiger partial charge on any atom is -1.00 e. The van der Waals surface area contributed by atoms with Crippen LogP contribution in [0.4, 0.5) is 0 Å². The molecule has 0 rings (SSSR count). The molecular weight excluding hydrogens is 455 g/mol. The van der Waals surface area contributed by atoms with Gasteiger partial charge < -0.3 is 15.6 Å². The van der Waals surface area contributed by atoms with Gasteiger partial charge in [0.05, 0.1) is 12.4 Å². The predicted octanol–water partition coefficient (Wildman–Crippen LogP) is -0.271. The second-order valence-electron chi connectivity index (χ2n) is 7.23. The van der Waals surface area contributed by atoms with Crippen LogP contribution in [0, 0.1) is 5.41 Å². The minimum absolute atomic E-state index is 0. The summed E-state index contributed by atoms with van der Waals surface area (Å²) in [5.74, 6) is -2.56. The molecule has 0 aliphatic carbocycles. The van der Waals surface area contributed by atoms with Gasteiger partial charge in [-0.3, -0.25) is 9.35 Å². The summed E-state index contributed by atoms with van der Waals surface area (Å²) in [4.78, 5) is 36.6. The van der Waals surface area contributed by atoms with Crippen LogP contribution in [0.25, 0.3) is 0 Å². The molecule has 0 radical (unpaired) electrons. The Hall–Kier alpha value is -0.564. The summed E-state index contributed by atoms with van der Waals surface area (Å²) in [5, 5.41) is 0. The molecule has 0 aliphatic heterocycles. The number of esters is 3. The molecule has 0 aromatic carbocycles. The number of ether oxygens (including phenoxy) is 3. The monoisotopic (exact) mass is 488 g/mol. The second kappa shape index (κ2) is 16.1. The SMILES string of the molecule is C=C(C)C(=O)OCC(CCCC)(COC(=O)C(=C)C)C(=O)OCCCCS(=O)(=O)O.[H-].[K+]. The third kappa shape index (κ3) is 14.2. The van der Waals surface area contributed by atoms with E-state index in [2.05, 4.69) is 13.2 Å². The zero-order chi connectivity index (χ0) is 23.4. The maximum Gasteiger partial charge on any atom is 1.00 e. The average Bonchev–Trinajstić information content (AvgIpc) is 2.65. The van der Waals surface area contributed by atoms with E-state index in [0.717, 1.165) is 6.42 Å². The standard InChI is InChI=1S/C20H32O9S.K.H/c1-6-7-10-20(13-28-17(21)15(2)3,14-29-18(22)16(4)5)19(23)27-11-8-9-12-30(24,25)26;;/h2,4,6-14H2,1,3,5H3,(H,24,25,26);;/q;+1;-1. The Morgan fingerprint density at radius 2 is 1.42 bits per heavy atom. The topological polar surface area (TPSA) is 133 Å². The number of rotatable bonds is 15. The van der Waals surface area contributed by atoms with Crippen molar-refractivity contribution < 1.29 is 94.4 Å². The van der Waals surface area contributed by atoms with Crippen molar-refractivity contribution in [2.75, 3.05) is 25.6 Å². The van der Waals surface area contributed by atoms with Crippen LogP contribution in [0.1, 0.15) is 54.3 Å². The van der Waals surface area contributed by atoms with Crippen molar-refractivity contribution in [2.24, 2.45) is 5.41 Å². The van der Waals surface area contributed by atoms with E-state index >= 15 is 0 Å². The van der Waals surface area contributed by atoms with Crippen molar-refractivity contribution in [3.05, 3.63) is 24.3 Å². The average molecular weight is 489 g/mol. The summed E-state index contributed by atoms with van der Waals surface area (Å²) in [7, 11) is -4.09. The van der Waals surface area contributed by atoms with Crippen LogP contribution in [0.15, 0.2) is 24.3 Å². The summed E-state index contributed by atoms with van der Waals surface area (Å²) < 4.78 is 45.9. The van der Waals surface area contributed by atoms with Gasteiger partial charge in [0.25, 0.3) is 10.1 Å². The second-order valence-corrected chi connectivity index (χ2v) is 8.80. The molecule has 0 atom stereocenters. The molecule has 1 N–H and O–H groups in total. The van der Waals surface area contributed by atoms with Crippen LogP contribution in [0.3, 0.4) is 0 Å². The van der Waals surface area contributed by atoms with Crippen molar-refractivity contribution >= 4 is 28.0 Å². The van der Waals surface area contributed by atoms with Crippen LogP contribution in [0.2, 0.25) is 0 Å². The fourth-order valence-electron chi connectivity index (χ4n) is 2.28. The molecule has 174 valence electrons. The van der Waals surface area contributed by atoms with Gasteiger partial charge in [-0.15, -0.1) is 0 Å². The molecule has 0 spiro atoms. The molecule has 0 aliphatic rings. The Kier molecular flexibility index (Phi) is 17.0. The predicted molar refractivity (Wildman–Crippen MR) is 111 cm³/mol. The number of unbranched alkanes of at least 4 members (excludes halogenated alkanes) is 2. The van der Waals surface area contributed by atoms with Gasteiger partial charge in [0, 0.05) is 11.1 Å². The van der Waals surface area contributed by atoms with E-state index in [0.29, 0.717) is 6.42 Å². The van der Waals surface area contributed by atoms with Crippen LogP contribution in [-0.4, -0.2) is 56.5 Å². The van der Waals surface area contributed by atoms with Gasteiger partial charge in [0.1, 0.15) is 18.6 Å². The maximum absolute atomic E-state index is 12.9. The Balaban J connectivity index is -0.00000420. The number of hydrogen-bond donors (Lipinski definition) is 1. The molecule has 9 nitrogen and oxygen atoms in total. The first-order chi connectivity index (χ1) is 13.8. The summed E-state index contributed by atoms with van der Waals surface area (Å²) in [6.45, 7) is 11.0. The van der Waals surface area contributed by atoms with Crippen LogP contribution >= 0.6 is 0 Å². The molecule has 0 unspecified atom stereocenters. The summed E-state index contributed by atoms with van der Waals surface area (Å²) in [6.07, 6.45) is 1.84. The van der Waals surface area contributed by atoms with Crippen molar-refractivity contribution in [1.82, 2.24) is 0 Å². The summed E-state index contributed by atoms with van der Waals surface area (Å²) in [5.41, 5.74) is -1.12. The van der Waals surface area contributed by atoms with E-state index in [1.54, 1.807) is 0 Å². The molecule has 0 heterocycles. The Labute approximate surface area is 228 Å². The minimum atomic E-state index is -4.09. The number of carbonyl (C=O) groups is 3. The number of carbonyl (C=O) groups excluding carboxylic acids is 3. The van der Waals surface area contributed by atoms with Crippen molar-refractivity contribution in [1.29, 1.82) is 0 Å². The van der Waals surface area contributed by atoms with Crippen molar-refractivity contribution in [3.8, 4) is 0 Å². The first-order valence-electron chi connectivity index (χ1n) is 9.62. The molecular formula is C20H33KO9S. The van der Waals surface area contributed by atoms with Gasteiger partial charge in [0.2, 0.25) is 0 Å². The molecule has 0 amide bonds. The largest absolute Gasteiger partial charge is 1.00 e. The van der Waals surface area contributed by atoms with Crippen LogP contribution in [0.5, 0.6) is 0 Å². The van der Waals surface area contributed by atoms with Gasteiger partial charge >= 0.3 is 69.3 Å². The Bertz CT molecular complexity index is 720. The van der Waals surface area contributed by atoms with E-state index in [4.69, 9.17) is 18.8 Å². The van der Waals surface area contributed by atoms with E-state index in [-0.39, 0.29) is 103 Å². The van der Waals surface area contributed by atoms with Crippen LogP contribution in [-0.2, 0) is 38.7 Å².